The maximum Gasteiger partial charge on any atom is 0.124 e. The number of hydrogen-bond donors (Lipinski definition) is 1. The molecule has 0 radical (unpaired) electrons. The van der Waals surface area contributed by atoms with E-state index in [0.29, 0.717) is 21.3 Å². The van der Waals surface area contributed by atoms with Gasteiger partial charge in [-0.3, -0.25) is 0 Å². The van der Waals surface area contributed by atoms with Gasteiger partial charge in [-0.2, -0.15) is 5.26 Å². The van der Waals surface area contributed by atoms with E-state index in [4.69, 9.17) is 5.26 Å². The van der Waals surface area contributed by atoms with Crippen molar-refractivity contribution in [3.8, 4) is 6.07 Å². The summed E-state index contributed by atoms with van der Waals surface area (Å²) in [5.74, 6) is -0.741. The molecule has 0 bridgehead atoms. The van der Waals surface area contributed by atoms with Gasteiger partial charge < -0.3 is 5.32 Å². The van der Waals surface area contributed by atoms with Crippen LogP contribution in [0.4, 0.5) is 14.5 Å². The highest BCUT2D eigenvalue weighted by atomic mass is 79.9. The first-order valence-electron chi connectivity index (χ1n) is 5.47. The number of hydrogen-bond acceptors (Lipinski definition) is 2. The van der Waals surface area contributed by atoms with Crippen molar-refractivity contribution in [1.29, 1.82) is 5.26 Å². The molecule has 0 aliphatic heterocycles. The molecule has 0 saturated heterocycles. The van der Waals surface area contributed by atoms with Crippen molar-refractivity contribution < 1.29 is 8.78 Å². The van der Waals surface area contributed by atoms with E-state index in [9.17, 15) is 8.78 Å². The van der Waals surface area contributed by atoms with Gasteiger partial charge in [0.25, 0.3) is 0 Å². The fraction of sp³-hybridized carbons (Fsp3) is 0.0714. The molecule has 0 spiro atoms. The molecule has 96 valence electrons. The highest BCUT2D eigenvalue weighted by Gasteiger charge is 2.05. The molecule has 19 heavy (non-hydrogen) atoms. The molecule has 0 aliphatic carbocycles. The summed E-state index contributed by atoms with van der Waals surface area (Å²) in [6, 6.07) is 10.2. The lowest BCUT2D eigenvalue weighted by Gasteiger charge is -2.10. The van der Waals surface area contributed by atoms with Gasteiger partial charge in [0.2, 0.25) is 0 Å². The van der Waals surface area contributed by atoms with Crippen molar-refractivity contribution in [1.82, 2.24) is 0 Å². The predicted molar refractivity (Wildman–Crippen MR) is 72.5 cm³/mol. The largest absolute Gasteiger partial charge is 0.380 e. The number of anilines is 1. The number of rotatable bonds is 3. The Kier molecular flexibility index (Phi) is 4.13. The van der Waals surface area contributed by atoms with Crippen molar-refractivity contribution in [3.63, 3.8) is 0 Å². The maximum absolute atomic E-state index is 13.1. The average molecular weight is 323 g/mol. The zero-order valence-corrected chi connectivity index (χ0v) is 11.3. The Bertz CT molecular complexity index is 650. The minimum absolute atomic E-state index is 0.283. The Morgan fingerprint density at radius 1 is 1.11 bits per heavy atom. The second-order valence-corrected chi connectivity index (χ2v) is 4.75. The van der Waals surface area contributed by atoms with E-state index in [1.807, 2.05) is 6.07 Å². The number of nitriles is 1. The van der Waals surface area contributed by atoms with Gasteiger partial charge in [0.1, 0.15) is 11.6 Å². The molecule has 0 aromatic heterocycles. The number of nitrogens with zero attached hydrogens (tertiary/aromatic N) is 1. The second kappa shape index (κ2) is 5.81. The summed E-state index contributed by atoms with van der Waals surface area (Å²) in [5.41, 5.74) is 1.64. The average Bonchev–Trinajstić information content (AvgIpc) is 2.38. The van der Waals surface area contributed by atoms with Crippen molar-refractivity contribution in [2.24, 2.45) is 0 Å². The quantitative estimate of drug-likeness (QED) is 0.918. The second-order valence-electron chi connectivity index (χ2n) is 3.89. The molecule has 0 unspecified atom stereocenters. The molecule has 0 aliphatic rings. The van der Waals surface area contributed by atoms with E-state index >= 15 is 0 Å². The number of nitrogens with one attached hydrogen (secondary N) is 1. The van der Waals surface area contributed by atoms with E-state index in [1.54, 1.807) is 6.07 Å². The van der Waals surface area contributed by atoms with Gasteiger partial charge in [0.05, 0.1) is 11.6 Å². The summed E-state index contributed by atoms with van der Waals surface area (Å²) in [7, 11) is 0. The van der Waals surface area contributed by atoms with Crippen LogP contribution in [0, 0.1) is 23.0 Å². The molecule has 0 atom stereocenters. The van der Waals surface area contributed by atoms with Crippen LogP contribution in [0.25, 0.3) is 0 Å². The topological polar surface area (TPSA) is 35.8 Å². The van der Waals surface area contributed by atoms with Crippen molar-refractivity contribution in [3.05, 3.63) is 63.6 Å². The van der Waals surface area contributed by atoms with Crippen LogP contribution in [0.3, 0.4) is 0 Å². The first kappa shape index (κ1) is 13.5. The van der Waals surface area contributed by atoms with Crippen LogP contribution in [0.5, 0.6) is 0 Å². The molecular weight excluding hydrogens is 314 g/mol. The van der Waals surface area contributed by atoms with Gasteiger partial charge in [0.15, 0.2) is 0 Å². The summed E-state index contributed by atoms with van der Waals surface area (Å²) in [6.07, 6.45) is 0. The number of benzene rings is 2. The fourth-order valence-electron chi connectivity index (χ4n) is 1.64. The molecular formula is C14H9BrF2N2. The maximum atomic E-state index is 13.1. The van der Waals surface area contributed by atoms with E-state index in [-0.39, 0.29) is 12.4 Å². The third-order valence-electron chi connectivity index (χ3n) is 2.59. The Labute approximate surface area is 117 Å². The first-order chi connectivity index (χ1) is 9.10. The molecule has 1 N–H and O–H groups in total. The smallest absolute Gasteiger partial charge is 0.124 e. The lowest BCUT2D eigenvalue weighted by atomic mass is 10.1. The summed E-state index contributed by atoms with van der Waals surface area (Å²) in [5, 5.41) is 12.0. The van der Waals surface area contributed by atoms with Gasteiger partial charge in [0, 0.05) is 16.7 Å². The Morgan fingerprint density at radius 3 is 2.47 bits per heavy atom. The van der Waals surface area contributed by atoms with Crippen molar-refractivity contribution in [2.45, 2.75) is 6.54 Å². The predicted octanol–water partition coefficient (Wildman–Crippen LogP) is 4.21. The van der Waals surface area contributed by atoms with Crippen LogP contribution in [-0.4, -0.2) is 0 Å². The SMILES string of the molecule is N#Cc1ccc(F)cc1CNc1ccc(F)cc1Br. The molecule has 0 heterocycles. The van der Waals surface area contributed by atoms with Gasteiger partial charge in [-0.05, 0) is 57.9 Å². The Balaban J connectivity index is 2.19. The summed E-state index contributed by atoms with van der Waals surface area (Å²) in [6.45, 7) is 0.283. The molecule has 2 nitrogen and oxygen atoms in total. The molecule has 2 aromatic rings. The van der Waals surface area contributed by atoms with Gasteiger partial charge >= 0.3 is 0 Å². The zero-order chi connectivity index (χ0) is 13.8. The highest BCUT2D eigenvalue weighted by Crippen LogP contribution is 2.24. The van der Waals surface area contributed by atoms with E-state index in [0.717, 1.165) is 0 Å². The van der Waals surface area contributed by atoms with E-state index in [1.165, 1.54) is 30.3 Å². The zero-order valence-electron chi connectivity index (χ0n) is 9.75. The Hall–Kier alpha value is -1.93. The standard InChI is InChI=1S/C14H9BrF2N2/c15-13-6-12(17)3-4-14(13)19-8-10-5-11(16)2-1-9(10)7-18/h1-6,19H,8H2. The highest BCUT2D eigenvalue weighted by molar-refractivity contribution is 9.10. The Morgan fingerprint density at radius 2 is 1.79 bits per heavy atom. The lowest BCUT2D eigenvalue weighted by molar-refractivity contribution is 0.625. The van der Waals surface area contributed by atoms with Gasteiger partial charge in [-0.25, -0.2) is 8.78 Å². The molecule has 0 fully saturated rings. The molecule has 2 rings (SSSR count). The van der Waals surface area contributed by atoms with Crippen LogP contribution >= 0.6 is 15.9 Å². The summed E-state index contributed by atoms with van der Waals surface area (Å²) >= 11 is 3.23. The number of halogens is 3. The molecule has 0 saturated carbocycles. The van der Waals surface area contributed by atoms with Crippen LogP contribution in [0.15, 0.2) is 40.9 Å². The lowest BCUT2D eigenvalue weighted by Crippen LogP contribution is -2.03. The molecule has 5 heteroatoms. The first-order valence-corrected chi connectivity index (χ1v) is 6.27. The van der Waals surface area contributed by atoms with Crippen LogP contribution in [-0.2, 0) is 6.54 Å². The van der Waals surface area contributed by atoms with Crippen LogP contribution < -0.4 is 5.32 Å². The third kappa shape index (κ3) is 3.30. The van der Waals surface area contributed by atoms with E-state index < -0.39 is 5.82 Å². The van der Waals surface area contributed by atoms with Crippen LogP contribution in [0.1, 0.15) is 11.1 Å². The molecule has 0 amide bonds. The van der Waals surface area contributed by atoms with Gasteiger partial charge in [-0.1, -0.05) is 0 Å². The normalized spacial score (nSPS) is 10.0. The summed E-state index contributed by atoms with van der Waals surface area (Å²) < 4.78 is 26.6. The van der Waals surface area contributed by atoms with Crippen LogP contribution in [0.2, 0.25) is 0 Å². The van der Waals surface area contributed by atoms with E-state index in [2.05, 4.69) is 21.2 Å². The third-order valence-corrected chi connectivity index (χ3v) is 3.24. The van der Waals surface area contributed by atoms with Crippen molar-refractivity contribution in [2.75, 3.05) is 5.32 Å². The van der Waals surface area contributed by atoms with Gasteiger partial charge in [-0.15, -0.1) is 0 Å². The minimum atomic E-state index is -0.394. The minimum Gasteiger partial charge on any atom is -0.380 e. The fourth-order valence-corrected chi connectivity index (χ4v) is 2.13. The summed E-state index contributed by atoms with van der Waals surface area (Å²) in [4.78, 5) is 0. The van der Waals surface area contributed by atoms with Crippen molar-refractivity contribution >= 4 is 21.6 Å². The monoisotopic (exact) mass is 322 g/mol. The molecule has 2 aromatic carbocycles.